The number of ether oxygens (including phenoxy) is 1. The molecule has 144 valence electrons. The molecule has 0 saturated heterocycles. The number of sulfonamides is 1. The van der Waals surface area contributed by atoms with Crippen LogP contribution in [-0.2, 0) is 14.8 Å². The minimum absolute atomic E-state index is 0.370. The molecule has 1 N–H and O–H groups in total. The highest BCUT2D eigenvalue weighted by Gasteiger charge is 2.21. The molecule has 8 heteroatoms. The number of nitrogens with zero attached hydrogens (tertiary/aromatic N) is 2. The van der Waals surface area contributed by atoms with Crippen LogP contribution in [0.4, 0.5) is 5.69 Å². The second-order valence-electron chi connectivity index (χ2n) is 6.15. The zero-order valence-electron chi connectivity index (χ0n) is 15.8. The Bertz CT molecular complexity index is 935. The Balaban J connectivity index is 2.14. The van der Waals surface area contributed by atoms with Gasteiger partial charge in [-0.2, -0.15) is 5.10 Å². The van der Waals surface area contributed by atoms with E-state index in [0.29, 0.717) is 17.0 Å². The summed E-state index contributed by atoms with van der Waals surface area (Å²) in [5.74, 6) is 0.0641. The van der Waals surface area contributed by atoms with Crippen LogP contribution in [0.15, 0.2) is 47.6 Å². The lowest BCUT2D eigenvalue weighted by molar-refractivity contribution is -0.119. The zero-order valence-corrected chi connectivity index (χ0v) is 16.6. The van der Waals surface area contributed by atoms with Crippen molar-refractivity contribution in [3.05, 3.63) is 59.2 Å². The van der Waals surface area contributed by atoms with Gasteiger partial charge in [0.1, 0.15) is 12.3 Å². The Labute approximate surface area is 159 Å². The second kappa shape index (κ2) is 8.68. The van der Waals surface area contributed by atoms with Crippen LogP contribution in [0.3, 0.4) is 0 Å². The number of benzene rings is 2. The Hall–Kier alpha value is -2.87. The molecule has 27 heavy (non-hydrogen) atoms. The largest absolute Gasteiger partial charge is 0.496 e. The fourth-order valence-corrected chi connectivity index (χ4v) is 3.45. The van der Waals surface area contributed by atoms with Crippen molar-refractivity contribution in [2.24, 2.45) is 5.10 Å². The maximum absolute atomic E-state index is 12.2. The van der Waals surface area contributed by atoms with Gasteiger partial charge < -0.3 is 4.74 Å². The van der Waals surface area contributed by atoms with Gasteiger partial charge in [-0.05, 0) is 49.2 Å². The third kappa shape index (κ3) is 5.82. The maximum atomic E-state index is 12.2. The molecule has 2 aromatic carbocycles. The molecular formula is C19H23N3O4S. The Morgan fingerprint density at radius 1 is 1.19 bits per heavy atom. The third-order valence-corrected chi connectivity index (χ3v) is 4.85. The van der Waals surface area contributed by atoms with Gasteiger partial charge in [-0.15, -0.1) is 0 Å². The molecule has 0 saturated carbocycles. The molecule has 0 spiro atoms. The van der Waals surface area contributed by atoms with E-state index in [2.05, 4.69) is 10.5 Å². The van der Waals surface area contributed by atoms with Gasteiger partial charge in [0.2, 0.25) is 10.0 Å². The zero-order chi connectivity index (χ0) is 20.0. The van der Waals surface area contributed by atoms with Crippen molar-refractivity contribution in [1.29, 1.82) is 0 Å². The molecule has 0 aliphatic carbocycles. The van der Waals surface area contributed by atoms with E-state index in [1.165, 1.54) is 6.21 Å². The van der Waals surface area contributed by atoms with Crippen molar-refractivity contribution in [3.8, 4) is 5.75 Å². The fraction of sp³-hybridized carbons (Fsp3) is 0.263. The van der Waals surface area contributed by atoms with Crippen LogP contribution >= 0.6 is 0 Å². The molecule has 0 bridgehead atoms. The summed E-state index contributed by atoms with van der Waals surface area (Å²) < 4.78 is 30.6. The molecule has 0 atom stereocenters. The number of methoxy groups -OCH3 is 1. The monoisotopic (exact) mass is 389 g/mol. The average molecular weight is 389 g/mol. The number of aryl methyl sites for hydroxylation is 2. The normalized spacial score (nSPS) is 11.4. The number of carbonyl (C=O) groups is 1. The first-order valence-corrected chi connectivity index (χ1v) is 10.1. The number of amides is 1. The van der Waals surface area contributed by atoms with E-state index < -0.39 is 15.9 Å². The van der Waals surface area contributed by atoms with Crippen LogP contribution in [0.5, 0.6) is 5.75 Å². The van der Waals surface area contributed by atoms with E-state index >= 15 is 0 Å². The molecule has 0 heterocycles. The topological polar surface area (TPSA) is 88.1 Å². The van der Waals surface area contributed by atoms with Crippen LogP contribution in [0.1, 0.15) is 16.7 Å². The highest BCUT2D eigenvalue weighted by Crippen LogP contribution is 2.21. The average Bonchev–Trinajstić information content (AvgIpc) is 2.58. The molecule has 0 aromatic heterocycles. The minimum Gasteiger partial charge on any atom is -0.496 e. The lowest BCUT2D eigenvalue weighted by Gasteiger charge is -2.22. The molecule has 2 aromatic rings. The van der Waals surface area contributed by atoms with Crippen LogP contribution in [0.2, 0.25) is 0 Å². The molecule has 2 rings (SSSR count). The van der Waals surface area contributed by atoms with E-state index in [1.54, 1.807) is 31.4 Å². The number of hydrogen-bond acceptors (Lipinski definition) is 5. The van der Waals surface area contributed by atoms with Crippen molar-refractivity contribution < 1.29 is 17.9 Å². The Morgan fingerprint density at radius 3 is 2.41 bits per heavy atom. The number of para-hydroxylation sites is 1. The smallest absolute Gasteiger partial charge is 0.260 e. The summed E-state index contributed by atoms with van der Waals surface area (Å²) in [5.41, 5.74) is 5.31. The Kier molecular flexibility index (Phi) is 6.57. The number of hydrogen-bond donors (Lipinski definition) is 1. The van der Waals surface area contributed by atoms with Crippen molar-refractivity contribution in [2.45, 2.75) is 13.8 Å². The molecule has 0 aliphatic rings. The third-order valence-electron chi connectivity index (χ3n) is 3.71. The van der Waals surface area contributed by atoms with E-state index in [0.717, 1.165) is 21.7 Å². The van der Waals surface area contributed by atoms with Gasteiger partial charge in [-0.3, -0.25) is 9.10 Å². The van der Waals surface area contributed by atoms with Crippen LogP contribution in [-0.4, -0.2) is 40.4 Å². The molecule has 0 radical (unpaired) electrons. The quantitative estimate of drug-likeness (QED) is 0.581. The predicted molar refractivity (Wildman–Crippen MR) is 107 cm³/mol. The van der Waals surface area contributed by atoms with Crippen LogP contribution in [0.25, 0.3) is 0 Å². The summed E-state index contributed by atoms with van der Waals surface area (Å²) >= 11 is 0. The molecule has 0 fully saturated rings. The summed E-state index contributed by atoms with van der Waals surface area (Å²) in [4.78, 5) is 12.2. The van der Waals surface area contributed by atoms with Crippen LogP contribution in [0, 0.1) is 13.8 Å². The second-order valence-corrected chi connectivity index (χ2v) is 8.06. The molecule has 7 nitrogen and oxygen atoms in total. The fourth-order valence-electron chi connectivity index (χ4n) is 2.61. The number of hydrazone groups is 1. The van der Waals surface area contributed by atoms with Crippen molar-refractivity contribution in [1.82, 2.24) is 5.43 Å². The first-order valence-electron chi connectivity index (χ1n) is 8.21. The molecule has 0 unspecified atom stereocenters. The molecule has 0 aliphatic heterocycles. The van der Waals surface area contributed by atoms with Crippen LogP contribution < -0.4 is 14.5 Å². The van der Waals surface area contributed by atoms with Crippen molar-refractivity contribution in [3.63, 3.8) is 0 Å². The molecule has 1 amide bonds. The van der Waals surface area contributed by atoms with Gasteiger partial charge in [0.05, 0.1) is 25.3 Å². The lowest BCUT2D eigenvalue weighted by Crippen LogP contribution is -2.39. The first kappa shape index (κ1) is 20.4. The lowest BCUT2D eigenvalue weighted by atomic mass is 10.1. The standard InChI is InChI=1S/C19H23N3O4S/c1-14-9-15(2)11-17(10-14)22(27(4,24)25)13-19(23)21-20-12-16-7-5-6-8-18(16)26-3/h5-12H,13H2,1-4H3,(H,21,23)/b20-12-. The van der Waals surface area contributed by atoms with E-state index in [4.69, 9.17) is 4.74 Å². The minimum atomic E-state index is -3.63. The van der Waals surface area contributed by atoms with Gasteiger partial charge in [0.25, 0.3) is 5.91 Å². The highest BCUT2D eigenvalue weighted by molar-refractivity contribution is 7.92. The van der Waals surface area contributed by atoms with E-state index in [-0.39, 0.29) is 6.54 Å². The van der Waals surface area contributed by atoms with Gasteiger partial charge in [-0.1, -0.05) is 18.2 Å². The summed E-state index contributed by atoms with van der Waals surface area (Å²) in [5, 5.41) is 3.89. The van der Waals surface area contributed by atoms with Crippen molar-refractivity contribution >= 4 is 27.8 Å². The summed E-state index contributed by atoms with van der Waals surface area (Å²) in [6.07, 6.45) is 2.51. The van der Waals surface area contributed by atoms with E-state index in [9.17, 15) is 13.2 Å². The van der Waals surface area contributed by atoms with Gasteiger partial charge in [-0.25, -0.2) is 13.8 Å². The van der Waals surface area contributed by atoms with Gasteiger partial charge >= 0.3 is 0 Å². The number of nitrogens with one attached hydrogen (secondary N) is 1. The summed E-state index contributed by atoms with van der Waals surface area (Å²) in [7, 11) is -2.09. The van der Waals surface area contributed by atoms with Gasteiger partial charge in [0, 0.05) is 5.56 Å². The molecular weight excluding hydrogens is 366 g/mol. The SMILES string of the molecule is COc1ccccc1/C=N\NC(=O)CN(c1cc(C)cc(C)c1)S(C)(=O)=O. The number of anilines is 1. The van der Waals surface area contributed by atoms with Crippen molar-refractivity contribution in [2.75, 3.05) is 24.2 Å². The number of rotatable bonds is 7. The van der Waals surface area contributed by atoms with E-state index in [1.807, 2.05) is 32.0 Å². The summed E-state index contributed by atoms with van der Waals surface area (Å²) in [6, 6.07) is 12.6. The Morgan fingerprint density at radius 2 is 1.81 bits per heavy atom. The maximum Gasteiger partial charge on any atom is 0.260 e. The van der Waals surface area contributed by atoms with Gasteiger partial charge in [0.15, 0.2) is 0 Å². The summed E-state index contributed by atoms with van der Waals surface area (Å²) in [6.45, 7) is 3.37. The highest BCUT2D eigenvalue weighted by atomic mass is 32.2. The first-order chi connectivity index (χ1) is 12.7. The predicted octanol–water partition coefficient (Wildman–Crippen LogP) is 2.23. The number of carbonyl (C=O) groups excluding carboxylic acids is 1.